The minimum absolute atomic E-state index is 0.115. The van der Waals surface area contributed by atoms with Gasteiger partial charge in [-0.2, -0.15) is 0 Å². The van der Waals surface area contributed by atoms with Crippen LogP contribution in [0.5, 0.6) is 5.75 Å². The maximum atomic E-state index is 14.3. The van der Waals surface area contributed by atoms with Crippen LogP contribution in [0.25, 0.3) is 33.1 Å². The first-order valence-corrected chi connectivity index (χ1v) is 13.5. The lowest BCUT2D eigenvalue weighted by Gasteiger charge is -2.26. The Balaban J connectivity index is 1.49. The number of ketones is 1. The molecule has 8 nitrogen and oxygen atoms in total. The molecule has 0 bridgehead atoms. The molecular formula is C33H26N2O6. The average molecular weight is 547 g/mol. The Labute approximate surface area is 234 Å². The number of ether oxygens (including phenoxy) is 2. The van der Waals surface area contributed by atoms with Crippen LogP contribution >= 0.6 is 0 Å². The van der Waals surface area contributed by atoms with E-state index in [1.54, 1.807) is 42.9 Å². The van der Waals surface area contributed by atoms with Crippen LogP contribution in [-0.2, 0) is 28.3 Å². The number of methoxy groups -OCH3 is 1. The number of benzene rings is 3. The molecule has 7 rings (SSSR count). The van der Waals surface area contributed by atoms with Crippen molar-refractivity contribution in [1.82, 2.24) is 9.55 Å². The zero-order chi connectivity index (χ0) is 28.5. The van der Waals surface area contributed by atoms with Gasteiger partial charge in [0, 0.05) is 22.1 Å². The van der Waals surface area contributed by atoms with Crippen molar-refractivity contribution in [2.24, 2.45) is 0 Å². The summed E-state index contributed by atoms with van der Waals surface area (Å²) in [6.45, 7) is 1.66. The Kier molecular flexibility index (Phi) is 5.59. The minimum atomic E-state index is -1.55. The van der Waals surface area contributed by atoms with Crippen molar-refractivity contribution in [1.29, 1.82) is 0 Å². The van der Waals surface area contributed by atoms with E-state index in [-0.39, 0.29) is 42.9 Å². The summed E-state index contributed by atoms with van der Waals surface area (Å²) in [5.41, 5.74) is 1.86. The van der Waals surface area contributed by atoms with Crippen LogP contribution in [-0.4, -0.2) is 33.5 Å². The van der Waals surface area contributed by atoms with Crippen molar-refractivity contribution in [2.75, 3.05) is 7.11 Å². The molecule has 5 aromatic rings. The van der Waals surface area contributed by atoms with Gasteiger partial charge in [-0.1, -0.05) is 43.3 Å². The molecule has 0 saturated heterocycles. The zero-order valence-electron chi connectivity index (χ0n) is 22.6. The highest BCUT2D eigenvalue weighted by atomic mass is 16.5. The Hall–Kier alpha value is -4.82. The van der Waals surface area contributed by atoms with Crippen molar-refractivity contribution in [3.63, 3.8) is 0 Å². The lowest BCUT2D eigenvalue weighted by Crippen LogP contribution is -2.32. The molecule has 0 aliphatic carbocycles. The van der Waals surface area contributed by atoms with Crippen LogP contribution in [0.4, 0.5) is 0 Å². The highest BCUT2D eigenvalue weighted by molar-refractivity contribution is 6.19. The Morgan fingerprint density at radius 2 is 1.85 bits per heavy atom. The summed E-state index contributed by atoms with van der Waals surface area (Å²) >= 11 is 0. The molecule has 0 spiro atoms. The maximum absolute atomic E-state index is 14.3. The van der Waals surface area contributed by atoms with Crippen LogP contribution in [0.15, 0.2) is 71.5 Å². The fraction of sp³-hybridized carbons (Fsp3) is 0.212. The van der Waals surface area contributed by atoms with Crippen molar-refractivity contribution < 1.29 is 24.2 Å². The molecular weight excluding hydrogens is 520 g/mol. The number of hydrogen-bond donors (Lipinski definition) is 1. The number of cyclic esters (lactones) is 1. The maximum Gasteiger partial charge on any atom is 0.309 e. The second-order valence-corrected chi connectivity index (χ2v) is 10.6. The fourth-order valence-corrected chi connectivity index (χ4v) is 6.12. The van der Waals surface area contributed by atoms with Crippen molar-refractivity contribution >= 4 is 33.4 Å². The van der Waals surface area contributed by atoms with Crippen LogP contribution in [0, 0.1) is 0 Å². The zero-order valence-corrected chi connectivity index (χ0v) is 22.6. The van der Waals surface area contributed by atoms with E-state index in [2.05, 4.69) is 0 Å². The van der Waals surface area contributed by atoms with Gasteiger partial charge in [-0.3, -0.25) is 14.4 Å². The van der Waals surface area contributed by atoms with Gasteiger partial charge in [0.1, 0.15) is 18.0 Å². The largest absolute Gasteiger partial charge is 0.497 e. The fourth-order valence-electron chi connectivity index (χ4n) is 6.12. The van der Waals surface area contributed by atoms with E-state index in [0.717, 1.165) is 10.8 Å². The number of rotatable bonds is 4. The summed E-state index contributed by atoms with van der Waals surface area (Å²) in [6, 6.07) is 20.6. The van der Waals surface area contributed by atoms with E-state index in [4.69, 9.17) is 14.5 Å². The number of aliphatic hydroxyl groups is 1. The molecule has 0 saturated carbocycles. The summed E-state index contributed by atoms with van der Waals surface area (Å²) in [7, 11) is 1.57. The second kappa shape index (κ2) is 9.11. The molecule has 0 radical (unpaired) electrons. The van der Waals surface area contributed by atoms with E-state index in [0.29, 0.717) is 50.3 Å². The van der Waals surface area contributed by atoms with Crippen molar-refractivity contribution in [3.8, 4) is 17.1 Å². The molecule has 4 heterocycles. The predicted molar refractivity (Wildman–Crippen MR) is 153 cm³/mol. The average Bonchev–Trinajstić information content (AvgIpc) is 3.30. The van der Waals surface area contributed by atoms with E-state index in [9.17, 15) is 19.5 Å². The van der Waals surface area contributed by atoms with Crippen LogP contribution < -0.4 is 10.3 Å². The summed E-state index contributed by atoms with van der Waals surface area (Å²) in [4.78, 5) is 45.4. The van der Waals surface area contributed by atoms with E-state index < -0.39 is 11.6 Å². The topological polar surface area (TPSA) is 108 Å². The molecule has 2 aromatic heterocycles. The second-order valence-electron chi connectivity index (χ2n) is 10.6. The first kappa shape index (κ1) is 25.2. The van der Waals surface area contributed by atoms with Gasteiger partial charge < -0.3 is 19.1 Å². The SMILES string of the molecule is CCC1(O)CC(=O)OCc2c1cc1n(c2=O)Cc2c-1nc1ccc(OC)cc1c2C(=O)c1ccc2ccccc2c1. The number of esters is 1. The molecule has 204 valence electrons. The van der Waals surface area contributed by atoms with E-state index in [1.165, 1.54) is 0 Å². The number of nitrogens with zero attached hydrogens (tertiary/aromatic N) is 2. The number of aromatic nitrogens is 2. The molecule has 1 unspecified atom stereocenters. The first-order valence-electron chi connectivity index (χ1n) is 13.5. The molecule has 0 amide bonds. The van der Waals surface area contributed by atoms with Gasteiger partial charge in [0.2, 0.25) is 0 Å². The number of fused-ring (bicyclic) bond motifs is 6. The molecule has 1 N–H and O–H groups in total. The van der Waals surface area contributed by atoms with Crippen molar-refractivity contribution in [3.05, 3.63) is 105 Å². The smallest absolute Gasteiger partial charge is 0.309 e. The molecule has 2 aliphatic rings. The van der Waals surface area contributed by atoms with Crippen LogP contribution in [0.2, 0.25) is 0 Å². The molecule has 8 heteroatoms. The number of pyridine rings is 2. The third kappa shape index (κ3) is 3.78. The molecule has 3 aromatic carbocycles. The molecule has 2 aliphatic heterocycles. The Morgan fingerprint density at radius 1 is 1.05 bits per heavy atom. The number of hydrogen-bond acceptors (Lipinski definition) is 7. The quantitative estimate of drug-likeness (QED) is 0.248. The third-order valence-corrected chi connectivity index (χ3v) is 8.39. The monoisotopic (exact) mass is 546 g/mol. The van der Waals surface area contributed by atoms with Gasteiger partial charge >= 0.3 is 5.97 Å². The van der Waals surface area contributed by atoms with Crippen molar-refractivity contribution in [2.45, 2.75) is 38.5 Å². The van der Waals surface area contributed by atoms with Crippen LogP contribution in [0.1, 0.15) is 52.4 Å². The Morgan fingerprint density at radius 3 is 2.63 bits per heavy atom. The van der Waals surface area contributed by atoms with Gasteiger partial charge in [-0.15, -0.1) is 0 Å². The lowest BCUT2D eigenvalue weighted by molar-refractivity contribution is -0.149. The lowest BCUT2D eigenvalue weighted by atomic mass is 9.85. The first-order chi connectivity index (χ1) is 19.8. The summed E-state index contributed by atoms with van der Waals surface area (Å²) in [5, 5.41) is 14.1. The summed E-state index contributed by atoms with van der Waals surface area (Å²) in [5.74, 6) is -0.160. The van der Waals surface area contributed by atoms with E-state index >= 15 is 0 Å². The molecule has 41 heavy (non-hydrogen) atoms. The third-order valence-electron chi connectivity index (χ3n) is 8.39. The van der Waals surface area contributed by atoms with Crippen LogP contribution in [0.3, 0.4) is 0 Å². The van der Waals surface area contributed by atoms with E-state index in [1.807, 2.05) is 42.5 Å². The van der Waals surface area contributed by atoms with Gasteiger partial charge in [-0.25, -0.2) is 4.98 Å². The highest BCUT2D eigenvalue weighted by Gasteiger charge is 2.40. The number of carbonyl (C=O) groups excluding carboxylic acids is 2. The highest BCUT2D eigenvalue weighted by Crippen LogP contribution is 2.41. The predicted octanol–water partition coefficient (Wildman–Crippen LogP) is 4.86. The minimum Gasteiger partial charge on any atom is -0.497 e. The Bertz CT molecular complexity index is 2010. The van der Waals surface area contributed by atoms with Gasteiger partial charge in [-0.05, 0) is 53.1 Å². The van der Waals surface area contributed by atoms with Gasteiger partial charge in [0.05, 0.1) is 42.5 Å². The summed E-state index contributed by atoms with van der Waals surface area (Å²) in [6.07, 6.45) is -0.0234. The normalized spacial score (nSPS) is 17.5. The van der Waals surface area contributed by atoms with Gasteiger partial charge in [0.15, 0.2) is 5.78 Å². The van der Waals surface area contributed by atoms with Gasteiger partial charge in [0.25, 0.3) is 5.56 Å². The molecule has 0 fully saturated rings. The molecule has 1 atom stereocenters. The summed E-state index contributed by atoms with van der Waals surface area (Å²) < 4.78 is 12.3. The number of carbonyl (C=O) groups is 2. The standard InChI is InChI=1S/C33H26N2O6/c1-3-33(39)15-28(36)41-17-24-25(33)14-27-30-23(16-35(27)32(24)38)29(22-13-21(40-2)10-11-26(22)34-30)31(37)20-9-8-18-6-4-5-7-19(18)12-20/h4-14,39H,3,15-17H2,1-2H3.